The highest BCUT2D eigenvalue weighted by Gasteiger charge is 2.46. The summed E-state index contributed by atoms with van der Waals surface area (Å²) in [5.74, 6) is 0. The van der Waals surface area contributed by atoms with Crippen LogP contribution in [0.15, 0.2) is 30.3 Å². The second kappa shape index (κ2) is 9.41. The van der Waals surface area contributed by atoms with Crippen LogP contribution in [-0.2, 0) is 9.16 Å². The van der Waals surface area contributed by atoms with E-state index in [2.05, 4.69) is 33.9 Å². The molecule has 30 heavy (non-hydrogen) atoms. The lowest BCUT2D eigenvalue weighted by atomic mass is 9.91. The van der Waals surface area contributed by atoms with Crippen molar-refractivity contribution in [1.29, 1.82) is 0 Å². The third-order valence-electron chi connectivity index (χ3n) is 6.25. The summed E-state index contributed by atoms with van der Waals surface area (Å²) in [6.07, 6.45) is 1.10. The molecule has 3 unspecified atom stereocenters. The Hall–Kier alpha value is -1.37. The van der Waals surface area contributed by atoms with Gasteiger partial charge in [0.25, 0.3) is 0 Å². The molecule has 0 saturated carbocycles. The molecule has 6 heteroatoms. The van der Waals surface area contributed by atoms with Crippen molar-refractivity contribution < 1.29 is 19.1 Å². The molecule has 1 aromatic carbocycles. The van der Waals surface area contributed by atoms with Gasteiger partial charge in [-0.05, 0) is 63.7 Å². The van der Waals surface area contributed by atoms with Crippen LogP contribution in [0, 0.1) is 0 Å². The Balaban J connectivity index is 2.41. The standard InChI is InChI=1S/C24H41NO4Si/c1-23(2,3)28-22(27)25-17-13-12-16-19(25)21(29-30(7,8)24(4,5)6)20(26)18-14-10-9-11-15-18/h9-11,14-15,19-21,26H,12-13,16-17H2,1-8H3. The summed E-state index contributed by atoms with van der Waals surface area (Å²) in [6, 6.07) is 9.41. The predicted octanol–water partition coefficient (Wildman–Crippen LogP) is 5.90. The van der Waals surface area contributed by atoms with E-state index in [-0.39, 0.29) is 17.2 Å². The van der Waals surface area contributed by atoms with E-state index in [4.69, 9.17) is 9.16 Å². The molecule has 1 aromatic rings. The van der Waals surface area contributed by atoms with Crippen molar-refractivity contribution in [3.05, 3.63) is 35.9 Å². The zero-order valence-corrected chi connectivity index (χ0v) is 21.1. The molecule has 1 aliphatic rings. The molecule has 1 fully saturated rings. The number of carbonyl (C=O) groups is 1. The van der Waals surface area contributed by atoms with Gasteiger partial charge in [-0.1, -0.05) is 51.1 Å². The first kappa shape index (κ1) is 24.9. The average molecular weight is 436 g/mol. The number of hydrogen-bond acceptors (Lipinski definition) is 4. The molecular weight excluding hydrogens is 394 g/mol. The number of amides is 1. The summed E-state index contributed by atoms with van der Waals surface area (Å²) in [5.41, 5.74) is 0.253. The number of piperidine rings is 1. The zero-order chi connectivity index (χ0) is 22.7. The second-order valence-electron chi connectivity index (χ2n) is 10.9. The maximum atomic E-state index is 13.0. The molecular formula is C24H41NO4Si. The van der Waals surface area contributed by atoms with Gasteiger partial charge in [-0.15, -0.1) is 0 Å². The number of aliphatic hydroxyl groups is 1. The summed E-state index contributed by atoms with van der Waals surface area (Å²) in [7, 11) is -2.20. The highest BCUT2D eigenvalue weighted by Crippen LogP contribution is 2.41. The second-order valence-corrected chi connectivity index (χ2v) is 15.7. The molecule has 1 saturated heterocycles. The molecule has 0 aliphatic carbocycles. The molecule has 0 bridgehead atoms. The van der Waals surface area contributed by atoms with Gasteiger partial charge >= 0.3 is 6.09 Å². The van der Waals surface area contributed by atoms with Crippen molar-refractivity contribution in [3.63, 3.8) is 0 Å². The van der Waals surface area contributed by atoms with Crippen LogP contribution in [0.1, 0.15) is 72.5 Å². The smallest absolute Gasteiger partial charge is 0.410 e. The van der Waals surface area contributed by atoms with Crippen LogP contribution in [0.3, 0.4) is 0 Å². The molecule has 0 aromatic heterocycles. The number of carbonyl (C=O) groups excluding carboxylic acids is 1. The Morgan fingerprint density at radius 1 is 1.10 bits per heavy atom. The largest absolute Gasteiger partial charge is 0.444 e. The monoisotopic (exact) mass is 435 g/mol. The van der Waals surface area contributed by atoms with Gasteiger partial charge in [0.2, 0.25) is 0 Å². The van der Waals surface area contributed by atoms with Crippen LogP contribution in [0.2, 0.25) is 18.1 Å². The molecule has 0 radical (unpaired) electrons. The minimum absolute atomic E-state index is 0.00687. The molecule has 2 rings (SSSR count). The molecule has 5 nitrogen and oxygen atoms in total. The van der Waals surface area contributed by atoms with Crippen molar-refractivity contribution in [3.8, 4) is 0 Å². The van der Waals surface area contributed by atoms with E-state index in [1.807, 2.05) is 51.1 Å². The third kappa shape index (κ3) is 6.31. The fourth-order valence-corrected chi connectivity index (χ4v) is 4.88. The SMILES string of the molecule is CC(C)(C)OC(=O)N1CCCCC1C(O[Si](C)(C)C(C)(C)C)C(O)c1ccccc1. The van der Waals surface area contributed by atoms with Gasteiger partial charge in [0, 0.05) is 6.54 Å². The predicted molar refractivity (Wildman–Crippen MR) is 124 cm³/mol. The zero-order valence-electron chi connectivity index (χ0n) is 20.1. The number of rotatable bonds is 5. The van der Waals surface area contributed by atoms with E-state index in [0.717, 1.165) is 24.8 Å². The lowest BCUT2D eigenvalue weighted by molar-refractivity contribution is -0.0524. The Kier molecular flexibility index (Phi) is 7.81. The fraction of sp³-hybridized carbons (Fsp3) is 0.708. The molecule has 1 aliphatic heterocycles. The summed E-state index contributed by atoms with van der Waals surface area (Å²) in [4.78, 5) is 14.8. The quantitative estimate of drug-likeness (QED) is 0.585. The lowest BCUT2D eigenvalue weighted by Crippen LogP contribution is -2.57. The number of aliphatic hydroxyl groups excluding tert-OH is 1. The molecule has 1 amide bonds. The van der Waals surface area contributed by atoms with Gasteiger partial charge in [0.1, 0.15) is 11.7 Å². The Morgan fingerprint density at radius 3 is 2.23 bits per heavy atom. The molecule has 3 atom stereocenters. The Morgan fingerprint density at radius 2 is 1.70 bits per heavy atom. The number of nitrogens with zero attached hydrogens (tertiary/aromatic N) is 1. The van der Waals surface area contributed by atoms with Crippen LogP contribution >= 0.6 is 0 Å². The number of hydrogen-bond donors (Lipinski definition) is 1. The van der Waals surface area contributed by atoms with Crippen molar-refractivity contribution in [1.82, 2.24) is 4.90 Å². The first-order chi connectivity index (χ1) is 13.7. The van der Waals surface area contributed by atoms with Gasteiger partial charge in [-0.25, -0.2) is 4.79 Å². The molecule has 1 heterocycles. The van der Waals surface area contributed by atoms with Gasteiger partial charge in [0.05, 0.1) is 12.1 Å². The maximum Gasteiger partial charge on any atom is 0.410 e. The maximum absolute atomic E-state index is 13.0. The van der Waals surface area contributed by atoms with Gasteiger partial charge in [0.15, 0.2) is 8.32 Å². The Bertz CT molecular complexity index is 693. The van der Waals surface area contributed by atoms with Crippen molar-refractivity contribution in [2.75, 3.05) is 6.54 Å². The van der Waals surface area contributed by atoms with Gasteiger partial charge in [-0.3, -0.25) is 0 Å². The highest BCUT2D eigenvalue weighted by atomic mass is 28.4. The van der Waals surface area contributed by atoms with E-state index in [9.17, 15) is 9.90 Å². The normalized spacial score (nSPS) is 20.6. The average Bonchev–Trinajstić information content (AvgIpc) is 2.64. The van der Waals surface area contributed by atoms with Crippen molar-refractivity contribution in [2.45, 2.75) is 103 Å². The highest BCUT2D eigenvalue weighted by molar-refractivity contribution is 6.74. The van der Waals surface area contributed by atoms with Crippen molar-refractivity contribution in [2.24, 2.45) is 0 Å². The first-order valence-corrected chi connectivity index (χ1v) is 14.0. The van der Waals surface area contributed by atoms with E-state index in [0.29, 0.717) is 6.54 Å². The van der Waals surface area contributed by atoms with Crippen LogP contribution in [0.4, 0.5) is 4.79 Å². The van der Waals surface area contributed by atoms with Crippen LogP contribution < -0.4 is 0 Å². The number of ether oxygens (including phenoxy) is 1. The lowest BCUT2D eigenvalue weighted by Gasteiger charge is -2.47. The van der Waals surface area contributed by atoms with E-state index < -0.39 is 26.1 Å². The fourth-order valence-electron chi connectivity index (χ4n) is 3.56. The van der Waals surface area contributed by atoms with Crippen LogP contribution in [0.5, 0.6) is 0 Å². The summed E-state index contributed by atoms with van der Waals surface area (Å²) in [6.45, 7) is 17.2. The summed E-state index contributed by atoms with van der Waals surface area (Å²) >= 11 is 0. The Labute approximate surface area is 183 Å². The molecule has 1 N–H and O–H groups in total. The topological polar surface area (TPSA) is 59.0 Å². The minimum atomic E-state index is -2.20. The van der Waals surface area contributed by atoms with E-state index in [1.165, 1.54) is 0 Å². The van der Waals surface area contributed by atoms with Gasteiger partial charge < -0.3 is 19.2 Å². The van der Waals surface area contributed by atoms with Crippen LogP contribution in [-0.4, -0.2) is 48.7 Å². The first-order valence-electron chi connectivity index (χ1n) is 11.1. The third-order valence-corrected chi connectivity index (χ3v) is 10.7. The number of likely N-dealkylation sites (tertiary alicyclic amines) is 1. The van der Waals surface area contributed by atoms with Crippen molar-refractivity contribution >= 4 is 14.4 Å². The molecule has 0 spiro atoms. The molecule has 170 valence electrons. The van der Waals surface area contributed by atoms with Crippen LogP contribution in [0.25, 0.3) is 0 Å². The van der Waals surface area contributed by atoms with E-state index in [1.54, 1.807) is 4.90 Å². The van der Waals surface area contributed by atoms with Gasteiger partial charge in [-0.2, -0.15) is 0 Å². The summed E-state index contributed by atoms with van der Waals surface area (Å²) in [5, 5.41) is 11.4. The van der Waals surface area contributed by atoms with E-state index >= 15 is 0 Å². The minimum Gasteiger partial charge on any atom is -0.444 e. The number of benzene rings is 1. The summed E-state index contributed by atoms with van der Waals surface area (Å²) < 4.78 is 12.5.